The van der Waals surface area contributed by atoms with Crippen LogP contribution in [0.2, 0.25) is 0 Å². The second-order valence-electron chi connectivity index (χ2n) is 14.0. The monoisotopic (exact) mass is 641 g/mol. The predicted octanol–water partition coefficient (Wildman–Crippen LogP) is 12.7. The number of hydrogen-bond donors (Lipinski definition) is 2. The molecule has 4 heteroatoms. The van der Waals surface area contributed by atoms with E-state index in [1.54, 1.807) is 0 Å². The van der Waals surface area contributed by atoms with E-state index in [4.69, 9.17) is 0 Å². The van der Waals surface area contributed by atoms with Crippen molar-refractivity contribution in [3.05, 3.63) is 35.4 Å². The summed E-state index contributed by atoms with van der Waals surface area (Å²) in [5, 5.41) is 6.21. The van der Waals surface area contributed by atoms with Crippen molar-refractivity contribution in [1.29, 1.82) is 0 Å². The SMILES string of the molecule is CCCCCCCCCCCCCCCCC(=O)NCc1ccccc1CNC(=O)CCCCCCCCCCCCCCCC. The lowest BCUT2D eigenvalue weighted by atomic mass is 10.0. The van der Waals surface area contributed by atoms with E-state index in [-0.39, 0.29) is 11.8 Å². The van der Waals surface area contributed by atoms with E-state index in [0.717, 1.165) is 36.8 Å². The van der Waals surface area contributed by atoms with Crippen molar-refractivity contribution in [2.75, 3.05) is 0 Å². The first-order chi connectivity index (χ1) is 22.7. The number of rotatable bonds is 34. The fourth-order valence-corrected chi connectivity index (χ4v) is 6.43. The average Bonchev–Trinajstić information content (AvgIpc) is 3.07. The molecule has 0 saturated heterocycles. The number of carbonyl (C=O) groups excluding carboxylic acids is 2. The quantitative estimate of drug-likeness (QED) is 0.0736. The predicted molar refractivity (Wildman–Crippen MR) is 200 cm³/mol. The van der Waals surface area contributed by atoms with Crippen LogP contribution in [0.4, 0.5) is 0 Å². The van der Waals surface area contributed by atoms with Gasteiger partial charge in [0.05, 0.1) is 0 Å². The molecule has 0 unspecified atom stereocenters. The Kier molecular flexibility index (Phi) is 30.3. The van der Waals surface area contributed by atoms with Crippen LogP contribution in [0.1, 0.15) is 218 Å². The number of benzene rings is 1. The van der Waals surface area contributed by atoms with Crippen LogP contribution >= 0.6 is 0 Å². The molecule has 0 aliphatic rings. The molecule has 0 aliphatic heterocycles. The van der Waals surface area contributed by atoms with Crippen LogP contribution in [-0.4, -0.2) is 11.8 Å². The molecule has 1 aromatic rings. The highest BCUT2D eigenvalue weighted by Crippen LogP contribution is 2.15. The minimum Gasteiger partial charge on any atom is -0.352 e. The van der Waals surface area contributed by atoms with Crippen molar-refractivity contribution in [3.63, 3.8) is 0 Å². The smallest absolute Gasteiger partial charge is 0.220 e. The summed E-state index contributed by atoms with van der Waals surface area (Å²) in [5.74, 6) is 0.270. The van der Waals surface area contributed by atoms with Gasteiger partial charge in [0, 0.05) is 25.9 Å². The van der Waals surface area contributed by atoms with Crippen LogP contribution in [-0.2, 0) is 22.7 Å². The zero-order valence-corrected chi connectivity index (χ0v) is 30.8. The molecule has 266 valence electrons. The van der Waals surface area contributed by atoms with Crippen molar-refractivity contribution < 1.29 is 9.59 Å². The van der Waals surface area contributed by atoms with Crippen molar-refractivity contribution in [1.82, 2.24) is 10.6 Å². The van der Waals surface area contributed by atoms with Gasteiger partial charge in [0.2, 0.25) is 11.8 Å². The first kappa shape index (κ1) is 42.2. The maximum atomic E-state index is 12.4. The lowest BCUT2D eigenvalue weighted by Gasteiger charge is -2.12. The van der Waals surface area contributed by atoms with Crippen LogP contribution < -0.4 is 10.6 Å². The molecule has 0 spiro atoms. The lowest BCUT2D eigenvalue weighted by molar-refractivity contribution is -0.122. The van der Waals surface area contributed by atoms with E-state index < -0.39 is 0 Å². The van der Waals surface area contributed by atoms with Gasteiger partial charge in [0.25, 0.3) is 0 Å². The summed E-state index contributed by atoms with van der Waals surface area (Å²) in [6, 6.07) is 8.13. The fraction of sp³-hybridized carbons (Fsp3) is 0.810. The van der Waals surface area contributed by atoms with Gasteiger partial charge in [0.15, 0.2) is 0 Å². The van der Waals surface area contributed by atoms with Crippen LogP contribution in [0.15, 0.2) is 24.3 Å². The zero-order chi connectivity index (χ0) is 33.2. The van der Waals surface area contributed by atoms with Gasteiger partial charge >= 0.3 is 0 Å². The number of nitrogens with one attached hydrogen (secondary N) is 2. The Morgan fingerprint density at radius 2 is 0.630 bits per heavy atom. The Labute approximate surface area is 286 Å². The molecule has 0 aromatic heterocycles. The van der Waals surface area contributed by atoms with Gasteiger partial charge in [-0.05, 0) is 24.0 Å². The lowest BCUT2D eigenvalue weighted by Crippen LogP contribution is -2.25. The van der Waals surface area contributed by atoms with E-state index in [1.807, 2.05) is 12.1 Å². The average molecular weight is 641 g/mol. The van der Waals surface area contributed by atoms with Gasteiger partial charge in [-0.15, -0.1) is 0 Å². The third-order valence-electron chi connectivity index (χ3n) is 9.59. The van der Waals surface area contributed by atoms with Crippen molar-refractivity contribution in [2.45, 2.75) is 220 Å². The third kappa shape index (κ3) is 27.3. The van der Waals surface area contributed by atoms with Crippen LogP contribution in [0.25, 0.3) is 0 Å². The Bertz CT molecular complexity index is 757. The summed E-state index contributed by atoms with van der Waals surface area (Å²) >= 11 is 0. The second-order valence-corrected chi connectivity index (χ2v) is 14.0. The van der Waals surface area contributed by atoms with Crippen molar-refractivity contribution >= 4 is 11.8 Å². The molecule has 1 rings (SSSR count). The van der Waals surface area contributed by atoms with E-state index in [1.165, 1.54) is 154 Å². The largest absolute Gasteiger partial charge is 0.352 e. The summed E-state index contributed by atoms with van der Waals surface area (Å²) in [4.78, 5) is 24.9. The van der Waals surface area contributed by atoms with E-state index in [0.29, 0.717) is 25.9 Å². The second kappa shape index (κ2) is 33.1. The number of carbonyl (C=O) groups is 2. The van der Waals surface area contributed by atoms with Crippen LogP contribution in [0.3, 0.4) is 0 Å². The van der Waals surface area contributed by atoms with E-state index in [2.05, 4.69) is 36.6 Å². The summed E-state index contributed by atoms with van der Waals surface area (Å²) in [5.41, 5.74) is 2.18. The molecular formula is C42H76N2O2. The van der Waals surface area contributed by atoms with Crippen molar-refractivity contribution in [2.24, 2.45) is 0 Å². The van der Waals surface area contributed by atoms with Crippen LogP contribution in [0.5, 0.6) is 0 Å². The molecule has 0 fully saturated rings. The van der Waals surface area contributed by atoms with Crippen molar-refractivity contribution in [3.8, 4) is 0 Å². The zero-order valence-electron chi connectivity index (χ0n) is 30.8. The summed E-state index contributed by atoms with van der Waals surface area (Å²) in [6.07, 6.45) is 38.4. The van der Waals surface area contributed by atoms with Gasteiger partial charge in [-0.1, -0.05) is 205 Å². The Balaban J connectivity index is 2.00. The highest BCUT2D eigenvalue weighted by Gasteiger charge is 2.07. The minimum atomic E-state index is 0.135. The molecule has 46 heavy (non-hydrogen) atoms. The fourth-order valence-electron chi connectivity index (χ4n) is 6.43. The van der Waals surface area contributed by atoms with Gasteiger partial charge in [-0.25, -0.2) is 0 Å². The first-order valence-corrected chi connectivity index (χ1v) is 20.3. The Morgan fingerprint density at radius 3 is 0.891 bits per heavy atom. The molecule has 4 nitrogen and oxygen atoms in total. The summed E-state index contributed by atoms with van der Waals surface area (Å²) in [6.45, 7) is 5.62. The highest BCUT2D eigenvalue weighted by molar-refractivity contribution is 5.76. The van der Waals surface area contributed by atoms with E-state index >= 15 is 0 Å². The summed E-state index contributed by atoms with van der Waals surface area (Å²) in [7, 11) is 0. The minimum absolute atomic E-state index is 0.135. The molecule has 0 aliphatic carbocycles. The molecule has 0 saturated carbocycles. The molecule has 0 atom stereocenters. The van der Waals surface area contributed by atoms with Gasteiger partial charge in [-0.3, -0.25) is 9.59 Å². The number of unbranched alkanes of at least 4 members (excludes halogenated alkanes) is 26. The topological polar surface area (TPSA) is 58.2 Å². The maximum Gasteiger partial charge on any atom is 0.220 e. The Hall–Kier alpha value is -1.84. The van der Waals surface area contributed by atoms with Gasteiger partial charge in [0.1, 0.15) is 0 Å². The number of amides is 2. The number of hydrogen-bond acceptors (Lipinski definition) is 2. The maximum absolute atomic E-state index is 12.4. The highest BCUT2D eigenvalue weighted by atomic mass is 16.2. The summed E-state index contributed by atoms with van der Waals surface area (Å²) < 4.78 is 0. The molecule has 0 heterocycles. The molecule has 0 radical (unpaired) electrons. The van der Waals surface area contributed by atoms with E-state index in [9.17, 15) is 9.59 Å². The molecule has 2 N–H and O–H groups in total. The molecule has 2 amide bonds. The normalized spacial score (nSPS) is 11.2. The molecule has 1 aromatic carbocycles. The molecule has 0 bridgehead atoms. The van der Waals surface area contributed by atoms with Gasteiger partial charge in [-0.2, -0.15) is 0 Å². The van der Waals surface area contributed by atoms with Gasteiger partial charge < -0.3 is 10.6 Å². The standard InChI is InChI=1S/C42H76N2O2/c1-3-5-7-9-11-13-15-17-19-21-23-25-27-29-35-41(45)43-37-39-33-31-32-34-40(39)38-44-42(46)36-30-28-26-24-22-20-18-16-14-12-10-8-6-4-2/h31-34H,3-30,35-38H2,1-2H3,(H,43,45)(H,44,46). The first-order valence-electron chi connectivity index (χ1n) is 20.3. The Morgan fingerprint density at radius 1 is 0.391 bits per heavy atom. The van der Waals surface area contributed by atoms with Crippen LogP contribution in [0, 0.1) is 0 Å². The third-order valence-corrected chi connectivity index (χ3v) is 9.59. The molecular weight excluding hydrogens is 564 g/mol.